The van der Waals surface area contributed by atoms with Gasteiger partial charge in [-0.3, -0.25) is 9.69 Å². The second kappa shape index (κ2) is 3.61. The highest BCUT2D eigenvalue weighted by Crippen LogP contribution is 2.26. The lowest BCUT2D eigenvalue weighted by molar-refractivity contribution is 0.0797. The molecule has 0 bridgehead atoms. The number of hydrogen-bond donors (Lipinski definition) is 1. The Labute approximate surface area is 93.1 Å². The van der Waals surface area contributed by atoms with Gasteiger partial charge in [0.05, 0.1) is 11.0 Å². The second-order valence-corrected chi connectivity index (χ2v) is 5.15. The summed E-state index contributed by atoms with van der Waals surface area (Å²) in [5.74, 6) is 0.120. The number of carbonyl (C=O) groups excluding carboxylic acids is 1. The molecule has 4 heteroatoms. The van der Waals surface area contributed by atoms with Gasteiger partial charge in [0.15, 0.2) is 0 Å². The van der Waals surface area contributed by atoms with E-state index in [4.69, 9.17) is 0 Å². The maximum absolute atomic E-state index is 11.9. The van der Waals surface area contributed by atoms with Crippen LogP contribution < -0.4 is 5.32 Å². The molecule has 1 aromatic rings. The molecule has 1 fully saturated rings. The van der Waals surface area contributed by atoms with Gasteiger partial charge in [-0.15, -0.1) is 11.3 Å². The number of nitrogens with one attached hydrogen (secondary N) is 1. The molecular formula is C11H14N2OS. The van der Waals surface area contributed by atoms with E-state index in [1.165, 1.54) is 18.4 Å². The number of hydrogen-bond acceptors (Lipinski definition) is 3. The van der Waals surface area contributed by atoms with Crippen LogP contribution in [-0.2, 0) is 6.54 Å². The van der Waals surface area contributed by atoms with Crippen molar-refractivity contribution in [2.75, 3.05) is 6.54 Å². The lowest BCUT2D eigenvalue weighted by Crippen LogP contribution is -2.48. The van der Waals surface area contributed by atoms with Crippen molar-refractivity contribution < 1.29 is 4.79 Å². The summed E-state index contributed by atoms with van der Waals surface area (Å²) in [5, 5.41) is 5.13. The summed E-state index contributed by atoms with van der Waals surface area (Å²) in [6.07, 6.45) is 3.85. The first-order valence-corrected chi connectivity index (χ1v) is 6.34. The Balaban J connectivity index is 1.94. The summed E-state index contributed by atoms with van der Waals surface area (Å²) in [6.45, 7) is 2.04. The minimum Gasteiger partial charge on any atom is -0.336 e. The fourth-order valence-electron chi connectivity index (χ4n) is 2.44. The van der Waals surface area contributed by atoms with Gasteiger partial charge >= 0.3 is 0 Å². The quantitative estimate of drug-likeness (QED) is 0.726. The normalized spacial score (nSPS) is 26.4. The van der Waals surface area contributed by atoms with E-state index in [1.807, 2.05) is 5.38 Å². The number of amides is 1. The van der Waals surface area contributed by atoms with Crippen molar-refractivity contribution in [3.63, 3.8) is 0 Å². The molecule has 3 nitrogen and oxygen atoms in total. The zero-order valence-corrected chi connectivity index (χ0v) is 9.35. The molecule has 1 unspecified atom stereocenters. The van der Waals surface area contributed by atoms with Crippen LogP contribution in [0.4, 0.5) is 0 Å². The highest BCUT2D eigenvalue weighted by Gasteiger charge is 2.29. The maximum atomic E-state index is 11.9. The summed E-state index contributed by atoms with van der Waals surface area (Å²) in [6, 6.07) is 2.08. The molecule has 2 aliphatic rings. The van der Waals surface area contributed by atoms with E-state index in [-0.39, 0.29) is 12.1 Å². The first-order chi connectivity index (χ1) is 7.34. The molecule has 2 aliphatic heterocycles. The molecular weight excluding hydrogens is 208 g/mol. The topological polar surface area (TPSA) is 32.3 Å². The largest absolute Gasteiger partial charge is 0.336 e. The number of nitrogens with zero attached hydrogens (tertiary/aromatic N) is 1. The van der Waals surface area contributed by atoms with Crippen LogP contribution >= 0.6 is 11.3 Å². The van der Waals surface area contributed by atoms with Crippen molar-refractivity contribution in [1.82, 2.24) is 10.2 Å². The van der Waals surface area contributed by atoms with Gasteiger partial charge in [-0.25, -0.2) is 0 Å². The van der Waals surface area contributed by atoms with Crippen LogP contribution in [0.25, 0.3) is 0 Å². The van der Waals surface area contributed by atoms with E-state index in [2.05, 4.69) is 16.3 Å². The molecule has 0 aliphatic carbocycles. The highest BCUT2D eigenvalue weighted by molar-refractivity contribution is 7.12. The third kappa shape index (κ3) is 1.58. The molecule has 1 N–H and O–H groups in total. The number of carbonyl (C=O) groups is 1. The Bertz CT molecular complexity index is 388. The fraction of sp³-hybridized carbons (Fsp3) is 0.545. The van der Waals surface area contributed by atoms with Gasteiger partial charge in [0.2, 0.25) is 0 Å². The zero-order valence-electron chi connectivity index (χ0n) is 8.53. The van der Waals surface area contributed by atoms with Crippen LogP contribution in [0.15, 0.2) is 11.4 Å². The molecule has 1 amide bonds. The van der Waals surface area contributed by atoms with E-state index in [1.54, 1.807) is 11.3 Å². The molecule has 0 radical (unpaired) electrons. The lowest BCUT2D eigenvalue weighted by Gasteiger charge is -2.34. The van der Waals surface area contributed by atoms with Gasteiger partial charge in [0.25, 0.3) is 5.91 Å². The monoisotopic (exact) mass is 222 g/mol. The second-order valence-electron chi connectivity index (χ2n) is 4.23. The number of rotatable bonds is 0. The Morgan fingerprint density at radius 3 is 3.33 bits per heavy atom. The van der Waals surface area contributed by atoms with E-state index in [9.17, 15) is 4.79 Å². The van der Waals surface area contributed by atoms with Crippen LogP contribution in [-0.4, -0.2) is 23.5 Å². The van der Waals surface area contributed by atoms with Crippen molar-refractivity contribution in [3.05, 3.63) is 21.9 Å². The Kier molecular flexibility index (Phi) is 2.25. The Morgan fingerprint density at radius 2 is 2.40 bits per heavy atom. The third-order valence-electron chi connectivity index (χ3n) is 3.24. The van der Waals surface area contributed by atoms with Gasteiger partial charge in [0, 0.05) is 13.1 Å². The van der Waals surface area contributed by atoms with E-state index in [0.29, 0.717) is 0 Å². The van der Waals surface area contributed by atoms with E-state index < -0.39 is 0 Å². The highest BCUT2D eigenvalue weighted by atomic mass is 32.1. The number of piperidine rings is 1. The van der Waals surface area contributed by atoms with Gasteiger partial charge in [-0.05, 0) is 36.3 Å². The van der Waals surface area contributed by atoms with Gasteiger partial charge < -0.3 is 5.32 Å². The summed E-state index contributed by atoms with van der Waals surface area (Å²) in [4.78, 5) is 15.2. The smallest absolute Gasteiger partial charge is 0.262 e. The lowest BCUT2D eigenvalue weighted by atomic mass is 10.1. The molecule has 1 saturated heterocycles. The van der Waals surface area contributed by atoms with E-state index in [0.717, 1.165) is 24.4 Å². The average Bonchev–Trinajstić information content (AvgIpc) is 2.64. The summed E-state index contributed by atoms with van der Waals surface area (Å²) in [5.41, 5.74) is 1.20. The first kappa shape index (κ1) is 9.36. The molecule has 3 heterocycles. The van der Waals surface area contributed by atoms with Crippen molar-refractivity contribution in [3.8, 4) is 0 Å². The Hall–Kier alpha value is -0.870. The number of fused-ring (bicyclic) bond motifs is 2. The summed E-state index contributed by atoms with van der Waals surface area (Å²) < 4.78 is 0. The van der Waals surface area contributed by atoms with Gasteiger partial charge in [-0.2, -0.15) is 0 Å². The zero-order chi connectivity index (χ0) is 10.3. The first-order valence-electron chi connectivity index (χ1n) is 5.46. The minimum absolute atomic E-state index is 0.120. The molecule has 3 rings (SSSR count). The van der Waals surface area contributed by atoms with Gasteiger partial charge in [0.1, 0.15) is 0 Å². The number of thiophene rings is 1. The van der Waals surface area contributed by atoms with Crippen LogP contribution in [0.5, 0.6) is 0 Å². The standard InChI is InChI=1S/C11H14N2OS/c14-11-10-8(4-6-15-10)7-13-5-2-1-3-9(13)12-11/h4,6,9H,1-3,5,7H2,(H,12,14). The van der Waals surface area contributed by atoms with Crippen molar-refractivity contribution >= 4 is 17.2 Å². The summed E-state index contributed by atoms with van der Waals surface area (Å²) >= 11 is 1.55. The van der Waals surface area contributed by atoms with Crippen molar-refractivity contribution in [2.45, 2.75) is 32.0 Å². The average molecular weight is 222 g/mol. The van der Waals surface area contributed by atoms with Crippen LogP contribution in [0, 0.1) is 0 Å². The fourth-order valence-corrected chi connectivity index (χ4v) is 3.26. The summed E-state index contributed by atoms with van der Waals surface area (Å²) in [7, 11) is 0. The van der Waals surface area contributed by atoms with E-state index >= 15 is 0 Å². The van der Waals surface area contributed by atoms with Crippen molar-refractivity contribution in [2.24, 2.45) is 0 Å². The van der Waals surface area contributed by atoms with Gasteiger partial charge in [-0.1, -0.05) is 0 Å². The SMILES string of the molecule is O=C1NC2CCCCN2Cc2ccsc21. The maximum Gasteiger partial charge on any atom is 0.262 e. The minimum atomic E-state index is 0.120. The molecule has 1 atom stereocenters. The molecule has 80 valence electrons. The predicted octanol–water partition coefficient (Wildman–Crippen LogP) is 1.80. The van der Waals surface area contributed by atoms with Crippen LogP contribution in [0.1, 0.15) is 34.5 Å². The molecule has 15 heavy (non-hydrogen) atoms. The molecule has 0 saturated carbocycles. The predicted molar refractivity (Wildman–Crippen MR) is 59.8 cm³/mol. The molecule has 0 aromatic carbocycles. The van der Waals surface area contributed by atoms with Crippen LogP contribution in [0.3, 0.4) is 0 Å². The third-order valence-corrected chi connectivity index (χ3v) is 4.19. The van der Waals surface area contributed by atoms with Crippen LogP contribution in [0.2, 0.25) is 0 Å². The van der Waals surface area contributed by atoms with Crippen molar-refractivity contribution in [1.29, 1.82) is 0 Å². The Morgan fingerprint density at radius 1 is 1.47 bits per heavy atom. The molecule has 0 spiro atoms. The molecule has 1 aromatic heterocycles.